The van der Waals surface area contributed by atoms with E-state index in [1.807, 2.05) is 41.9 Å². The molecule has 0 amide bonds. The molecule has 0 aliphatic heterocycles. The molecule has 0 atom stereocenters. The number of aromatic nitrogens is 1. The van der Waals surface area contributed by atoms with E-state index in [-0.39, 0.29) is 17.9 Å². The third kappa shape index (κ3) is 4.11. The molecule has 0 unspecified atom stereocenters. The normalized spacial score (nSPS) is 11.8. The van der Waals surface area contributed by atoms with Crippen LogP contribution in [0.1, 0.15) is 11.1 Å². The molecule has 3 aromatic carbocycles. The fourth-order valence-corrected chi connectivity index (χ4v) is 3.50. The van der Waals surface area contributed by atoms with Gasteiger partial charge in [-0.15, -0.1) is 0 Å². The molecule has 0 bridgehead atoms. The SMILES string of the molecule is ONC(=NCc1c(F)cccc1F)c1ccc(Oc2ccc3oc4ccccc4c3c2)nc1. The van der Waals surface area contributed by atoms with Gasteiger partial charge in [-0.25, -0.2) is 13.8 Å². The van der Waals surface area contributed by atoms with Crippen LogP contribution < -0.4 is 10.2 Å². The van der Waals surface area contributed by atoms with Crippen LogP contribution in [-0.2, 0) is 6.54 Å². The Labute approximate surface area is 186 Å². The maximum atomic E-state index is 13.8. The molecular weight excluding hydrogens is 428 g/mol. The highest BCUT2D eigenvalue weighted by Crippen LogP contribution is 2.32. The minimum absolute atomic E-state index is 0.0167. The molecule has 0 aliphatic carbocycles. The second-order valence-electron chi connectivity index (χ2n) is 7.22. The summed E-state index contributed by atoms with van der Waals surface area (Å²) in [6.45, 7) is -0.293. The van der Waals surface area contributed by atoms with Crippen LogP contribution in [0.15, 0.2) is 88.4 Å². The molecule has 0 radical (unpaired) electrons. The van der Waals surface area contributed by atoms with Crippen molar-refractivity contribution in [2.75, 3.05) is 0 Å². The van der Waals surface area contributed by atoms with Gasteiger partial charge in [-0.1, -0.05) is 24.3 Å². The Kier molecular flexibility index (Phi) is 5.42. The molecule has 2 N–H and O–H groups in total. The van der Waals surface area contributed by atoms with Crippen LogP contribution in [0.4, 0.5) is 8.78 Å². The summed E-state index contributed by atoms with van der Waals surface area (Å²) in [6.07, 6.45) is 1.43. The summed E-state index contributed by atoms with van der Waals surface area (Å²) in [5.41, 5.74) is 3.72. The number of amidine groups is 1. The van der Waals surface area contributed by atoms with Crippen molar-refractivity contribution in [2.24, 2.45) is 4.99 Å². The molecule has 6 nitrogen and oxygen atoms in total. The molecule has 0 aliphatic rings. The third-order valence-electron chi connectivity index (χ3n) is 5.14. The molecule has 0 fully saturated rings. The maximum absolute atomic E-state index is 13.8. The lowest BCUT2D eigenvalue weighted by Gasteiger charge is -2.08. The minimum atomic E-state index is -0.708. The summed E-state index contributed by atoms with van der Waals surface area (Å²) in [4.78, 5) is 8.30. The first kappa shape index (κ1) is 20.6. The van der Waals surface area contributed by atoms with E-state index >= 15 is 0 Å². The Balaban J connectivity index is 1.36. The number of rotatable bonds is 5. The fraction of sp³-hybridized carbons (Fsp3) is 0.0400. The standard InChI is InChI=1S/C25H17F2N3O3/c26-20-5-3-6-21(27)19(20)14-29-25(30-31)15-8-11-24(28-13-15)32-16-9-10-23-18(12-16)17-4-1-2-7-22(17)33-23/h1-13,31H,14H2,(H,29,30). The van der Waals surface area contributed by atoms with Crippen molar-refractivity contribution in [1.29, 1.82) is 0 Å². The smallest absolute Gasteiger partial charge is 0.219 e. The number of para-hydroxylation sites is 1. The van der Waals surface area contributed by atoms with E-state index in [0.717, 1.165) is 34.1 Å². The number of hydrogen-bond donors (Lipinski definition) is 2. The summed E-state index contributed by atoms with van der Waals surface area (Å²) in [6, 6.07) is 20.0. The second kappa shape index (κ2) is 8.68. The molecule has 0 spiro atoms. The Morgan fingerprint density at radius 1 is 0.939 bits per heavy atom. The van der Waals surface area contributed by atoms with Gasteiger partial charge in [-0.3, -0.25) is 15.7 Å². The first-order valence-electron chi connectivity index (χ1n) is 10.1. The first-order chi connectivity index (χ1) is 16.1. The lowest BCUT2D eigenvalue weighted by molar-refractivity contribution is 0.234. The van der Waals surface area contributed by atoms with Gasteiger partial charge in [0.15, 0.2) is 5.84 Å². The summed E-state index contributed by atoms with van der Waals surface area (Å²) < 4.78 is 39.3. The molecule has 164 valence electrons. The highest BCUT2D eigenvalue weighted by molar-refractivity contribution is 6.05. The van der Waals surface area contributed by atoms with E-state index < -0.39 is 11.6 Å². The first-order valence-corrected chi connectivity index (χ1v) is 10.1. The van der Waals surface area contributed by atoms with Crippen molar-refractivity contribution in [3.8, 4) is 11.6 Å². The molecule has 0 saturated heterocycles. The highest BCUT2D eigenvalue weighted by Gasteiger charge is 2.11. The third-order valence-corrected chi connectivity index (χ3v) is 5.14. The average Bonchev–Trinajstić information content (AvgIpc) is 3.20. The van der Waals surface area contributed by atoms with Crippen molar-refractivity contribution < 1.29 is 23.1 Å². The number of furan rings is 1. The lowest BCUT2D eigenvalue weighted by atomic mass is 10.1. The van der Waals surface area contributed by atoms with E-state index in [9.17, 15) is 14.0 Å². The van der Waals surface area contributed by atoms with Crippen LogP contribution >= 0.6 is 0 Å². The van der Waals surface area contributed by atoms with Gasteiger partial charge in [0, 0.05) is 34.2 Å². The van der Waals surface area contributed by atoms with Gasteiger partial charge >= 0.3 is 0 Å². The van der Waals surface area contributed by atoms with Crippen LogP contribution in [0.25, 0.3) is 21.9 Å². The van der Waals surface area contributed by atoms with E-state index in [4.69, 9.17) is 9.15 Å². The monoisotopic (exact) mass is 445 g/mol. The number of benzene rings is 3. The largest absolute Gasteiger partial charge is 0.456 e. The number of hydrogen-bond acceptors (Lipinski definition) is 5. The molecule has 33 heavy (non-hydrogen) atoms. The zero-order valence-corrected chi connectivity index (χ0v) is 17.1. The van der Waals surface area contributed by atoms with Gasteiger partial charge in [-0.2, -0.15) is 0 Å². The number of hydroxylamine groups is 1. The fourth-order valence-electron chi connectivity index (χ4n) is 3.50. The Morgan fingerprint density at radius 2 is 1.73 bits per heavy atom. The van der Waals surface area contributed by atoms with Gasteiger partial charge in [0.25, 0.3) is 0 Å². The molecule has 0 saturated carbocycles. The topological polar surface area (TPSA) is 79.9 Å². The summed E-state index contributed by atoms with van der Waals surface area (Å²) in [5, 5.41) is 11.3. The predicted molar refractivity (Wildman–Crippen MR) is 120 cm³/mol. The number of ether oxygens (including phenoxy) is 1. The molecule has 2 aromatic heterocycles. The van der Waals surface area contributed by atoms with Crippen molar-refractivity contribution in [1.82, 2.24) is 10.5 Å². The van der Waals surface area contributed by atoms with Gasteiger partial charge in [0.2, 0.25) is 5.88 Å². The maximum Gasteiger partial charge on any atom is 0.219 e. The lowest BCUT2D eigenvalue weighted by Crippen LogP contribution is -2.21. The summed E-state index contributed by atoms with van der Waals surface area (Å²) in [5.74, 6) is -0.495. The molecule has 5 rings (SSSR count). The zero-order chi connectivity index (χ0) is 22.8. The van der Waals surface area contributed by atoms with Gasteiger partial charge in [0.1, 0.15) is 28.5 Å². The van der Waals surface area contributed by atoms with Gasteiger partial charge < -0.3 is 9.15 Å². The van der Waals surface area contributed by atoms with Crippen LogP contribution in [-0.4, -0.2) is 16.0 Å². The van der Waals surface area contributed by atoms with Crippen LogP contribution in [0.5, 0.6) is 11.6 Å². The average molecular weight is 445 g/mol. The predicted octanol–water partition coefficient (Wildman–Crippen LogP) is 5.98. The molecular formula is C25H17F2N3O3. The van der Waals surface area contributed by atoms with E-state index in [2.05, 4.69) is 9.98 Å². The van der Waals surface area contributed by atoms with Gasteiger partial charge in [-0.05, 0) is 42.5 Å². The van der Waals surface area contributed by atoms with Crippen LogP contribution in [0.3, 0.4) is 0 Å². The number of halogens is 2. The molecule has 5 aromatic rings. The van der Waals surface area contributed by atoms with Crippen LogP contribution in [0.2, 0.25) is 0 Å². The van der Waals surface area contributed by atoms with Crippen molar-refractivity contribution in [2.45, 2.75) is 6.54 Å². The Bertz CT molecular complexity index is 1460. The van der Waals surface area contributed by atoms with Crippen molar-refractivity contribution in [3.63, 3.8) is 0 Å². The molecule has 2 heterocycles. The number of pyridine rings is 1. The minimum Gasteiger partial charge on any atom is -0.456 e. The molecule has 8 heteroatoms. The number of nitrogens with zero attached hydrogens (tertiary/aromatic N) is 2. The quantitative estimate of drug-likeness (QED) is 0.198. The number of nitrogens with one attached hydrogen (secondary N) is 1. The van der Waals surface area contributed by atoms with Crippen molar-refractivity contribution >= 4 is 27.8 Å². The highest BCUT2D eigenvalue weighted by atomic mass is 19.1. The second-order valence-corrected chi connectivity index (χ2v) is 7.22. The Hall–Kier alpha value is -4.30. The van der Waals surface area contributed by atoms with Crippen LogP contribution in [0, 0.1) is 11.6 Å². The summed E-state index contributed by atoms with van der Waals surface area (Å²) >= 11 is 0. The summed E-state index contributed by atoms with van der Waals surface area (Å²) in [7, 11) is 0. The number of aliphatic imine (C=N–C) groups is 1. The van der Waals surface area contributed by atoms with E-state index in [0.29, 0.717) is 17.2 Å². The number of fused-ring (bicyclic) bond motifs is 3. The van der Waals surface area contributed by atoms with E-state index in [1.165, 1.54) is 12.3 Å². The van der Waals surface area contributed by atoms with Gasteiger partial charge in [0.05, 0.1) is 6.54 Å². The zero-order valence-electron chi connectivity index (χ0n) is 17.1. The van der Waals surface area contributed by atoms with E-state index in [1.54, 1.807) is 18.2 Å². The van der Waals surface area contributed by atoms with Crippen molar-refractivity contribution in [3.05, 3.63) is 102 Å². The Morgan fingerprint density at radius 3 is 2.48 bits per heavy atom.